The lowest BCUT2D eigenvalue weighted by atomic mass is 10.1. The molecular weight excluding hydrogens is 332 g/mol. The SMILES string of the molecule is COc1ccccc1Cc1nnc(CCC(=O)NCCC(C)C)c(=O)[nH]1. The number of ether oxygens (including phenoxy) is 1. The molecule has 2 aromatic rings. The van der Waals surface area contributed by atoms with E-state index < -0.39 is 0 Å². The number of methoxy groups -OCH3 is 1. The van der Waals surface area contributed by atoms with Crippen LogP contribution in [0.5, 0.6) is 5.75 Å². The maximum atomic E-state index is 12.2. The average molecular weight is 358 g/mol. The van der Waals surface area contributed by atoms with Crippen LogP contribution >= 0.6 is 0 Å². The van der Waals surface area contributed by atoms with Gasteiger partial charge in [0.2, 0.25) is 5.91 Å². The molecule has 1 aromatic heterocycles. The molecule has 0 aliphatic rings. The minimum Gasteiger partial charge on any atom is -0.496 e. The molecule has 0 atom stereocenters. The van der Waals surface area contributed by atoms with E-state index in [9.17, 15) is 9.59 Å². The Morgan fingerprint density at radius 1 is 1.27 bits per heavy atom. The first kappa shape index (κ1) is 19.6. The Kier molecular flexibility index (Phi) is 7.32. The third kappa shape index (κ3) is 5.98. The molecule has 2 rings (SSSR count). The van der Waals surface area contributed by atoms with Gasteiger partial charge in [-0.15, -0.1) is 10.2 Å². The number of aryl methyl sites for hydroxylation is 1. The van der Waals surface area contributed by atoms with Gasteiger partial charge in [0.05, 0.1) is 7.11 Å². The van der Waals surface area contributed by atoms with Crippen LogP contribution in [-0.2, 0) is 17.6 Å². The van der Waals surface area contributed by atoms with Gasteiger partial charge in [0, 0.05) is 31.4 Å². The van der Waals surface area contributed by atoms with Gasteiger partial charge in [0.25, 0.3) is 5.56 Å². The minimum atomic E-state index is -0.306. The van der Waals surface area contributed by atoms with Crippen molar-refractivity contribution in [1.29, 1.82) is 0 Å². The predicted octanol–water partition coefficient (Wildman–Crippen LogP) is 1.86. The Morgan fingerprint density at radius 2 is 2.04 bits per heavy atom. The molecule has 1 aromatic carbocycles. The van der Waals surface area contributed by atoms with Crippen molar-refractivity contribution in [2.24, 2.45) is 5.92 Å². The number of nitrogens with zero attached hydrogens (tertiary/aromatic N) is 2. The average Bonchev–Trinajstić information content (AvgIpc) is 2.61. The van der Waals surface area contributed by atoms with Crippen molar-refractivity contribution in [2.75, 3.05) is 13.7 Å². The van der Waals surface area contributed by atoms with Crippen LogP contribution in [0.1, 0.15) is 43.8 Å². The zero-order valence-electron chi connectivity index (χ0n) is 15.5. The Hall–Kier alpha value is -2.70. The molecule has 0 aliphatic heterocycles. The highest BCUT2D eigenvalue weighted by atomic mass is 16.5. The number of H-pyrrole nitrogens is 1. The van der Waals surface area contributed by atoms with Gasteiger partial charge in [-0.2, -0.15) is 0 Å². The van der Waals surface area contributed by atoms with E-state index in [1.54, 1.807) is 7.11 Å². The first-order chi connectivity index (χ1) is 12.5. The molecule has 7 nitrogen and oxygen atoms in total. The van der Waals surface area contributed by atoms with Crippen molar-refractivity contribution in [3.8, 4) is 5.75 Å². The van der Waals surface area contributed by atoms with Crippen molar-refractivity contribution in [3.05, 3.63) is 51.7 Å². The van der Waals surface area contributed by atoms with Crippen LogP contribution in [0.25, 0.3) is 0 Å². The standard InChI is InChI=1S/C19H26N4O3/c1-13(2)10-11-20-18(24)9-8-15-19(25)21-17(23-22-15)12-14-6-4-5-7-16(14)26-3/h4-7,13H,8-12H2,1-3H3,(H,20,24)(H,21,23,25). The number of aromatic nitrogens is 3. The predicted molar refractivity (Wildman–Crippen MR) is 99.2 cm³/mol. The lowest BCUT2D eigenvalue weighted by Gasteiger charge is -2.08. The fourth-order valence-electron chi connectivity index (χ4n) is 2.49. The molecule has 0 saturated heterocycles. The van der Waals surface area contributed by atoms with Gasteiger partial charge in [0.15, 0.2) is 0 Å². The Bertz CT molecular complexity index is 786. The molecule has 0 aliphatic carbocycles. The number of hydrogen-bond donors (Lipinski definition) is 2. The quantitative estimate of drug-likeness (QED) is 0.713. The molecule has 0 spiro atoms. The normalized spacial score (nSPS) is 10.8. The number of nitrogens with one attached hydrogen (secondary N) is 2. The maximum Gasteiger partial charge on any atom is 0.272 e. The highest BCUT2D eigenvalue weighted by molar-refractivity contribution is 5.76. The minimum absolute atomic E-state index is 0.0788. The fraction of sp³-hybridized carbons (Fsp3) is 0.474. The number of carbonyl (C=O) groups is 1. The number of benzene rings is 1. The summed E-state index contributed by atoms with van der Waals surface area (Å²) in [6.45, 7) is 4.86. The number of carbonyl (C=O) groups excluding carboxylic acids is 1. The molecule has 26 heavy (non-hydrogen) atoms. The van der Waals surface area contributed by atoms with E-state index in [4.69, 9.17) is 4.74 Å². The van der Waals surface area contributed by atoms with E-state index in [-0.39, 0.29) is 30.0 Å². The highest BCUT2D eigenvalue weighted by Crippen LogP contribution is 2.19. The van der Waals surface area contributed by atoms with Crippen LogP contribution in [0.4, 0.5) is 0 Å². The number of aromatic amines is 1. The summed E-state index contributed by atoms with van der Waals surface area (Å²) in [4.78, 5) is 26.7. The van der Waals surface area contributed by atoms with Crippen LogP contribution in [0.3, 0.4) is 0 Å². The second-order valence-electron chi connectivity index (χ2n) is 6.57. The molecule has 140 valence electrons. The fourth-order valence-corrected chi connectivity index (χ4v) is 2.49. The largest absolute Gasteiger partial charge is 0.496 e. The van der Waals surface area contributed by atoms with E-state index in [1.165, 1.54) is 0 Å². The molecule has 0 fully saturated rings. The number of rotatable bonds is 9. The third-order valence-corrected chi connectivity index (χ3v) is 3.99. The van der Waals surface area contributed by atoms with Gasteiger partial charge >= 0.3 is 0 Å². The molecule has 1 amide bonds. The summed E-state index contributed by atoms with van der Waals surface area (Å²) in [6.07, 6.45) is 1.85. The summed E-state index contributed by atoms with van der Waals surface area (Å²) in [5.74, 6) is 1.66. The van der Waals surface area contributed by atoms with E-state index >= 15 is 0 Å². The Morgan fingerprint density at radius 3 is 2.73 bits per heavy atom. The van der Waals surface area contributed by atoms with Gasteiger partial charge in [-0.1, -0.05) is 32.0 Å². The van der Waals surface area contributed by atoms with Crippen molar-refractivity contribution in [1.82, 2.24) is 20.5 Å². The van der Waals surface area contributed by atoms with Gasteiger partial charge < -0.3 is 15.0 Å². The molecule has 1 heterocycles. The lowest BCUT2D eigenvalue weighted by molar-refractivity contribution is -0.121. The van der Waals surface area contributed by atoms with Gasteiger partial charge in [-0.3, -0.25) is 9.59 Å². The number of hydrogen-bond acceptors (Lipinski definition) is 5. The van der Waals surface area contributed by atoms with E-state index in [2.05, 4.69) is 34.3 Å². The summed E-state index contributed by atoms with van der Waals surface area (Å²) in [6, 6.07) is 7.54. The Labute approximate surface area is 153 Å². The number of para-hydroxylation sites is 1. The van der Waals surface area contributed by atoms with Crippen molar-refractivity contribution < 1.29 is 9.53 Å². The summed E-state index contributed by atoms with van der Waals surface area (Å²) in [7, 11) is 1.60. The molecule has 0 unspecified atom stereocenters. The number of amides is 1. The zero-order chi connectivity index (χ0) is 18.9. The smallest absolute Gasteiger partial charge is 0.272 e. The zero-order valence-corrected chi connectivity index (χ0v) is 15.5. The topological polar surface area (TPSA) is 97.0 Å². The summed E-state index contributed by atoms with van der Waals surface area (Å²) < 4.78 is 5.30. The van der Waals surface area contributed by atoms with Crippen LogP contribution in [-0.4, -0.2) is 34.7 Å². The molecule has 2 N–H and O–H groups in total. The second kappa shape index (κ2) is 9.70. The molecule has 0 radical (unpaired) electrons. The van der Waals surface area contributed by atoms with Crippen LogP contribution < -0.4 is 15.6 Å². The van der Waals surface area contributed by atoms with Crippen LogP contribution in [0.15, 0.2) is 29.1 Å². The second-order valence-corrected chi connectivity index (χ2v) is 6.57. The van der Waals surface area contributed by atoms with E-state index in [0.29, 0.717) is 24.7 Å². The first-order valence-electron chi connectivity index (χ1n) is 8.83. The molecular formula is C19H26N4O3. The lowest BCUT2D eigenvalue weighted by Crippen LogP contribution is -2.27. The summed E-state index contributed by atoms with van der Waals surface area (Å²) in [5, 5.41) is 10.9. The van der Waals surface area contributed by atoms with Crippen molar-refractivity contribution in [2.45, 2.75) is 39.5 Å². The van der Waals surface area contributed by atoms with Gasteiger partial charge in [-0.05, 0) is 18.4 Å². The summed E-state index contributed by atoms with van der Waals surface area (Å²) >= 11 is 0. The molecule has 0 bridgehead atoms. The first-order valence-corrected chi connectivity index (χ1v) is 8.83. The van der Waals surface area contributed by atoms with Crippen LogP contribution in [0, 0.1) is 5.92 Å². The van der Waals surface area contributed by atoms with E-state index in [1.807, 2.05) is 24.3 Å². The summed E-state index contributed by atoms with van der Waals surface area (Å²) in [5.41, 5.74) is 0.880. The van der Waals surface area contributed by atoms with Crippen LogP contribution in [0.2, 0.25) is 0 Å². The van der Waals surface area contributed by atoms with Crippen molar-refractivity contribution >= 4 is 5.91 Å². The monoisotopic (exact) mass is 358 g/mol. The van der Waals surface area contributed by atoms with E-state index in [0.717, 1.165) is 17.7 Å². The Balaban J connectivity index is 1.93. The molecule has 7 heteroatoms. The molecule has 0 saturated carbocycles. The third-order valence-electron chi connectivity index (χ3n) is 3.99. The van der Waals surface area contributed by atoms with Gasteiger partial charge in [0.1, 0.15) is 17.3 Å². The maximum absolute atomic E-state index is 12.2. The van der Waals surface area contributed by atoms with Gasteiger partial charge in [-0.25, -0.2) is 0 Å². The highest BCUT2D eigenvalue weighted by Gasteiger charge is 2.10. The van der Waals surface area contributed by atoms with Crippen molar-refractivity contribution in [3.63, 3.8) is 0 Å².